The molecule has 0 spiro atoms. The van der Waals surface area contributed by atoms with Gasteiger partial charge in [0.05, 0.1) is 17.1 Å². The summed E-state index contributed by atoms with van der Waals surface area (Å²) >= 11 is 0. The molecule has 0 radical (unpaired) electrons. The normalized spacial score (nSPS) is 15.9. The lowest BCUT2D eigenvalue weighted by molar-refractivity contribution is -0.385. The molecule has 1 aromatic heterocycles. The first-order valence-corrected chi connectivity index (χ1v) is 5.86. The van der Waals surface area contributed by atoms with Crippen LogP contribution >= 0.6 is 0 Å². The van der Waals surface area contributed by atoms with Crippen LogP contribution in [0.3, 0.4) is 0 Å². The van der Waals surface area contributed by atoms with Crippen molar-refractivity contribution in [2.45, 2.75) is 6.42 Å². The van der Waals surface area contributed by atoms with Gasteiger partial charge in [0.1, 0.15) is 12.0 Å². The van der Waals surface area contributed by atoms with E-state index < -0.39 is 4.92 Å². The van der Waals surface area contributed by atoms with Crippen LogP contribution in [0.5, 0.6) is 0 Å². The Bertz CT molecular complexity index is 497. The highest BCUT2D eigenvalue weighted by Crippen LogP contribution is 2.19. The molecule has 1 saturated heterocycles. The molecule has 1 aliphatic rings. The van der Waals surface area contributed by atoms with Crippen molar-refractivity contribution in [3.05, 3.63) is 27.9 Å². The van der Waals surface area contributed by atoms with Gasteiger partial charge in [-0.05, 0) is 6.42 Å². The molecule has 1 fully saturated rings. The van der Waals surface area contributed by atoms with Gasteiger partial charge in [0.25, 0.3) is 11.6 Å². The van der Waals surface area contributed by atoms with Crippen molar-refractivity contribution >= 4 is 17.4 Å². The average Bonchev–Trinajstić information content (AvgIpc) is 2.67. The summed E-state index contributed by atoms with van der Waals surface area (Å²) in [4.78, 5) is 27.6. The second kappa shape index (κ2) is 5.61. The van der Waals surface area contributed by atoms with Crippen LogP contribution in [0.4, 0.5) is 11.5 Å². The fraction of sp³-hybridized carbons (Fsp3) is 0.455. The van der Waals surface area contributed by atoms with Crippen molar-refractivity contribution in [2.24, 2.45) is 0 Å². The summed E-state index contributed by atoms with van der Waals surface area (Å²) in [5.74, 6) is -0.347. The van der Waals surface area contributed by atoms with Gasteiger partial charge in [-0.2, -0.15) is 0 Å². The number of nitrogens with two attached hydrogens (primary N) is 1. The van der Waals surface area contributed by atoms with E-state index in [1.165, 1.54) is 0 Å². The number of pyridine rings is 1. The number of hydrogen-bond donors (Lipinski definition) is 1. The Hall–Kier alpha value is -2.22. The van der Waals surface area contributed by atoms with Crippen LogP contribution in [0, 0.1) is 10.1 Å². The Morgan fingerprint density at radius 1 is 1.47 bits per heavy atom. The van der Waals surface area contributed by atoms with Crippen LogP contribution in [0.2, 0.25) is 0 Å². The van der Waals surface area contributed by atoms with Crippen LogP contribution in [0.15, 0.2) is 12.3 Å². The number of hydrogen-bond acceptors (Lipinski definition) is 6. The number of aromatic nitrogens is 1. The Morgan fingerprint density at radius 2 is 2.26 bits per heavy atom. The van der Waals surface area contributed by atoms with Gasteiger partial charge in [-0.1, -0.05) is 0 Å². The number of anilines is 1. The minimum atomic E-state index is -0.602. The maximum atomic E-state index is 12.3. The molecule has 0 unspecified atom stereocenters. The third-order valence-corrected chi connectivity index (χ3v) is 2.85. The summed E-state index contributed by atoms with van der Waals surface area (Å²) in [5.41, 5.74) is 5.44. The van der Waals surface area contributed by atoms with Gasteiger partial charge >= 0.3 is 0 Å². The van der Waals surface area contributed by atoms with Crippen LogP contribution in [-0.4, -0.2) is 47.0 Å². The van der Waals surface area contributed by atoms with Gasteiger partial charge in [-0.25, -0.2) is 4.98 Å². The van der Waals surface area contributed by atoms with E-state index in [1.807, 2.05) is 0 Å². The summed E-state index contributed by atoms with van der Waals surface area (Å²) in [5, 5.41) is 10.7. The molecule has 2 heterocycles. The minimum Gasteiger partial charge on any atom is -0.383 e. The van der Waals surface area contributed by atoms with E-state index in [4.69, 9.17) is 10.5 Å². The number of nitro groups is 1. The highest BCUT2D eigenvalue weighted by Gasteiger charge is 2.22. The van der Waals surface area contributed by atoms with Crippen molar-refractivity contribution in [1.29, 1.82) is 0 Å². The molecule has 102 valence electrons. The fourth-order valence-corrected chi connectivity index (χ4v) is 1.85. The topological polar surface area (TPSA) is 112 Å². The lowest BCUT2D eigenvalue weighted by Crippen LogP contribution is -2.33. The molecule has 1 aromatic rings. The number of ether oxygens (including phenoxy) is 1. The first-order valence-electron chi connectivity index (χ1n) is 5.86. The van der Waals surface area contributed by atoms with Gasteiger partial charge in [-0.3, -0.25) is 14.9 Å². The average molecular weight is 266 g/mol. The van der Waals surface area contributed by atoms with Gasteiger partial charge in [-0.15, -0.1) is 0 Å². The van der Waals surface area contributed by atoms with Gasteiger partial charge in [0.2, 0.25) is 0 Å². The van der Waals surface area contributed by atoms with Crippen molar-refractivity contribution in [3.63, 3.8) is 0 Å². The molecule has 0 bridgehead atoms. The number of nitrogens with zero attached hydrogens (tertiary/aromatic N) is 3. The van der Waals surface area contributed by atoms with E-state index in [1.54, 1.807) is 4.90 Å². The molecular formula is C11H14N4O4. The van der Waals surface area contributed by atoms with E-state index in [9.17, 15) is 14.9 Å². The lowest BCUT2D eigenvalue weighted by atomic mass is 10.2. The van der Waals surface area contributed by atoms with E-state index in [2.05, 4.69) is 4.98 Å². The van der Waals surface area contributed by atoms with Crippen LogP contribution in [0.25, 0.3) is 0 Å². The van der Waals surface area contributed by atoms with Gasteiger partial charge in [0.15, 0.2) is 0 Å². The largest absolute Gasteiger partial charge is 0.383 e. The van der Waals surface area contributed by atoms with Crippen molar-refractivity contribution in [3.8, 4) is 0 Å². The van der Waals surface area contributed by atoms with Gasteiger partial charge < -0.3 is 15.4 Å². The summed E-state index contributed by atoms with van der Waals surface area (Å²) in [6.45, 7) is 2.04. The Morgan fingerprint density at radius 3 is 3.00 bits per heavy atom. The highest BCUT2D eigenvalue weighted by atomic mass is 16.6. The zero-order valence-corrected chi connectivity index (χ0v) is 10.2. The van der Waals surface area contributed by atoms with Crippen molar-refractivity contribution in [2.75, 3.05) is 32.0 Å². The predicted octanol–water partition coefficient (Wildman–Crippen LogP) is 0.434. The Kier molecular flexibility index (Phi) is 3.91. The molecule has 0 atom stereocenters. The monoisotopic (exact) mass is 266 g/mol. The minimum absolute atomic E-state index is 0.000709. The first-order chi connectivity index (χ1) is 9.09. The molecule has 2 N–H and O–H groups in total. The number of nitrogen functional groups attached to an aromatic ring is 1. The predicted molar refractivity (Wildman–Crippen MR) is 66.6 cm³/mol. The zero-order valence-electron chi connectivity index (χ0n) is 10.2. The van der Waals surface area contributed by atoms with E-state index in [0.717, 1.165) is 18.7 Å². The van der Waals surface area contributed by atoms with E-state index in [0.29, 0.717) is 26.3 Å². The third-order valence-electron chi connectivity index (χ3n) is 2.85. The molecule has 8 nitrogen and oxygen atoms in total. The lowest BCUT2D eigenvalue weighted by Gasteiger charge is -2.19. The summed E-state index contributed by atoms with van der Waals surface area (Å²) < 4.78 is 5.25. The fourth-order valence-electron chi connectivity index (χ4n) is 1.85. The molecule has 0 aliphatic carbocycles. The SMILES string of the molecule is Nc1ncc([N+](=O)[O-])cc1C(=O)N1CCCOCC1. The first kappa shape index (κ1) is 13.2. The maximum Gasteiger partial charge on any atom is 0.288 e. The standard InChI is InChI=1S/C11H14N4O4/c12-10-9(6-8(7-13-10)15(17)18)11(16)14-2-1-4-19-5-3-14/h6-7H,1-5H2,(H2,12,13). The third kappa shape index (κ3) is 2.97. The zero-order chi connectivity index (χ0) is 13.8. The number of carbonyl (C=O) groups excluding carboxylic acids is 1. The van der Waals surface area contributed by atoms with Gasteiger partial charge in [0, 0.05) is 25.8 Å². The van der Waals surface area contributed by atoms with E-state index in [-0.39, 0.29) is 23.0 Å². The number of carbonyl (C=O) groups is 1. The summed E-state index contributed by atoms with van der Waals surface area (Å²) in [6.07, 6.45) is 1.77. The molecule has 0 aromatic carbocycles. The maximum absolute atomic E-state index is 12.3. The van der Waals surface area contributed by atoms with E-state index >= 15 is 0 Å². The smallest absolute Gasteiger partial charge is 0.288 e. The van der Waals surface area contributed by atoms with Crippen LogP contribution < -0.4 is 5.73 Å². The molecule has 1 amide bonds. The molecule has 2 rings (SSSR count). The molecular weight excluding hydrogens is 252 g/mol. The van der Waals surface area contributed by atoms with Crippen molar-refractivity contribution in [1.82, 2.24) is 9.88 Å². The number of amides is 1. The quantitative estimate of drug-likeness (QED) is 0.613. The second-order valence-electron chi connectivity index (χ2n) is 4.14. The van der Waals surface area contributed by atoms with Crippen molar-refractivity contribution < 1.29 is 14.5 Å². The highest BCUT2D eigenvalue weighted by molar-refractivity contribution is 5.98. The molecule has 8 heteroatoms. The van der Waals surface area contributed by atoms with Crippen LogP contribution in [-0.2, 0) is 4.74 Å². The molecule has 0 saturated carbocycles. The molecule has 1 aliphatic heterocycles. The second-order valence-corrected chi connectivity index (χ2v) is 4.14. The molecule has 19 heavy (non-hydrogen) atoms. The Balaban J connectivity index is 2.26. The summed E-state index contributed by atoms with van der Waals surface area (Å²) in [7, 11) is 0. The van der Waals surface area contributed by atoms with Crippen LogP contribution in [0.1, 0.15) is 16.8 Å². The Labute approximate surface area is 109 Å². The number of rotatable bonds is 2. The summed E-state index contributed by atoms with van der Waals surface area (Å²) in [6, 6.07) is 1.16.